The quantitative estimate of drug-likeness (QED) is 0.761. The summed E-state index contributed by atoms with van der Waals surface area (Å²) in [4.78, 5) is 11.4. The molecule has 3 rings (SSSR count). The first kappa shape index (κ1) is 12.7. The van der Waals surface area contributed by atoms with E-state index in [1.54, 1.807) is 0 Å². The lowest BCUT2D eigenvalue weighted by atomic mass is 9.98. The van der Waals surface area contributed by atoms with Gasteiger partial charge < -0.3 is 9.52 Å². The zero-order chi connectivity index (χ0) is 14.3. The van der Waals surface area contributed by atoms with Crippen molar-refractivity contribution in [1.82, 2.24) is 0 Å². The minimum atomic E-state index is -0.999. The van der Waals surface area contributed by atoms with E-state index in [4.69, 9.17) is 4.42 Å². The monoisotopic (exact) mass is 268 g/mol. The van der Waals surface area contributed by atoms with Crippen molar-refractivity contribution in [2.75, 3.05) is 0 Å². The normalized spacial score (nSPS) is 11.6. The van der Waals surface area contributed by atoms with E-state index in [0.29, 0.717) is 17.9 Å². The van der Waals surface area contributed by atoms with Gasteiger partial charge in [-0.05, 0) is 17.7 Å². The summed E-state index contributed by atoms with van der Waals surface area (Å²) in [7, 11) is 0. The van der Waals surface area contributed by atoms with E-state index >= 15 is 0 Å². The van der Waals surface area contributed by atoms with E-state index in [1.165, 1.54) is 0 Å². The van der Waals surface area contributed by atoms with Crippen LogP contribution in [0.3, 0.4) is 0 Å². The predicted molar refractivity (Wildman–Crippen MR) is 79.2 cm³/mol. The van der Waals surface area contributed by atoms with Crippen LogP contribution >= 0.6 is 0 Å². The molecule has 0 fully saturated rings. The van der Waals surface area contributed by atoms with Crippen LogP contribution in [0, 0.1) is 5.92 Å². The van der Waals surface area contributed by atoms with Gasteiger partial charge in [0.05, 0.1) is 0 Å². The van der Waals surface area contributed by atoms with Gasteiger partial charge in [0.25, 0.3) is 0 Å². The molecule has 1 heterocycles. The third-order valence-electron chi connectivity index (χ3n) is 3.49. The molecule has 3 aromatic rings. The Balaban J connectivity index is 2.38. The van der Waals surface area contributed by atoms with Gasteiger partial charge >= 0.3 is 5.97 Å². The molecule has 1 N–H and O–H groups in total. The summed E-state index contributed by atoms with van der Waals surface area (Å²) >= 11 is 0. The highest BCUT2D eigenvalue weighted by atomic mass is 16.4. The molecule has 0 bridgehead atoms. The molecule has 0 atom stereocenters. The fourth-order valence-electron chi connectivity index (χ4n) is 2.66. The maximum atomic E-state index is 11.4. The molecule has 102 valence electrons. The van der Waals surface area contributed by atoms with Crippen LogP contribution in [0.2, 0.25) is 0 Å². The third-order valence-corrected chi connectivity index (χ3v) is 3.49. The van der Waals surface area contributed by atoms with Gasteiger partial charge in [-0.1, -0.05) is 50.2 Å². The number of carboxylic acids is 1. The minimum Gasteiger partial charge on any atom is -0.475 e. The van der Waals surface area contributed by atoms with E-state index < -0.39 is 5.97 Å². The van der Waals surface area contributed by atoms with Gasteiger partial charge in [-0.3, -0.25) is 0 Å². The molecular formula is C17H16O3. The Morgan fingerprint density at radius 3 is 2.60 bits per heavy atom. The van der Waals surface area contributed by atoms with Gasteiger partial charge in [0.2, 0.25) is 5.76 Å². The van der Waals surface area contributed by atoms with E-state index in [1.807, 2.05) is 36.4 Å². The average Bonchev–Trinajstić information content (AvgIpc) is 2.77. The molecule has 0 unspecified atom stereocenters. The van der Waals surface area contributed by atoms with Crippen molar-refractivity contribution in [3.8, 4) is 0 Å². The van der Waals surface area contributed by atoms with Crippen LogP contribution in [0.25, 0.3) is 21.7 Å². The maximum absolute atomic E-state index is 11.4. The molecule has 2 aromatic carbocycles. The smallest absolute Gasteiger partial charge is 0.372 e. The van der Waals surface area contributed by atoms with Crippen molar-refractivity contribution in [3.05, 3.63) is 47.7 Å². The van der Waals surface area contributed by atoms with Crippen molar-refractivity contribution >= 4 is 27.7 Å². The fourth-order valence-corrected chi connectivity index (χ4v) is 2.66. The average molecular weight is 268 g/mol. The lowest BCUT2D eigenvalue weighted by molar-refractivity contribution is 0.0663. The second-order valence-electron chi connectivity index (χ2n) is 5.48. The molecule has 3 nitrogen and oxygen atoms in total. The second kappa shape index (κ2) is 4.67. The number of hydrogen-bond acceptors (Lipinski definition) is 2. The molecule has 20 heavy (non-hydrogen) atoms. The third kappa shape index (κ3) is 1.95. The van der Waals surface area contributed by atoms with Crippen LogP contribution in [0.4, 0.5) is 0 Å². The number of fused-ring (bicyclic) bond motifs is 3. The fraction of sp³-hybridized carbons (Fsp3) is 0.235. The molecular weight excluding hydrogens is 252 g/mol. The van der Waals surface area contributed by atoms with Crippen molar-refractivity contribution in [3.63, 3.8) is 0 Å². The summed E-state index contributed by atoms with van der Waals surface area (Å²) in [5.41, 5.74) is 1.48. The zero-order valence-electron chi connectivity index (χ0n) is 11.5. The first-order valence-corrected chi connectivity index (χ1v) is 6.74. The molecule has 0 spiro atoms. The van der Waals surface area contributed by atoms with Crippen molar-refractivity contribution < 1.29 is 14.3 Å². The predicted octanol–water partition coefficient (Wildman–Crippen LogP) is 4.48. The summed E-state index contributed by atoms with van der Waals surface area (Å²) < 4.78 is 5.68. The first-order chi connectivity index (χ1) is 9.58. The van der Waals surface area contributed by atoms with Gasteiger partial charge in [0.1, 0.15) is 5.58 Å². The zero-order valence-corrected chi connectivity index (χ0v) is 11.5. The minimum absolute atomic E-state index is 0.0741. The molecule has 0 amide bonds. The van der Waals surface area contributed by atoms with E-state index in [-0.39, 0.29) is 5.76 Å². The topological polar surface area (TPSA) is 50.4 Å². The van der Waals surface area contributed by atoms with Crippen molar-refractivity contribution in [2.45, 2.75) is 20.3 Å². The van der Waals surface area contributed by atoms with Crippen molar-refractivity contribution in [2.24, 2.45) is 5.92 Å². The number of rotatable bonds is 3. The van der Waals surface area contributed by atoms with Gasteiger partial charge in [-0.25, -0.2) is 4.79 Å². The standard InChI is InChI=1S/C17H16O3/c1-10(2)9-14-13-8-7-11-5-3-4-6-12(11)15(13)20-16(14)17(18)19/h3-8,10H,9H2,1-2H3,(H,18,19). The number of carboxylic acid groups (broad SMARTS) is 1. The Bertz CT molecular complexity index is 796. The molecule has 0 aliphatic rings. The van der Waals surface area contributed by atoms with Crippen LogP contribution in [0.15, 0.2) is 40.8 Å². The second-order valence-corrected chi connectivity index (χ2v) is 5.48. The lowest BCUT2D eigenvalue weighted by Crippen LogP contribution is -2.02. The van der Waals surface area contributed by atoms with Crippen LogP contribution in [0.1, 0.15) is 30.0 Å². The number of aromatic carboxylic acids is 1. The number of carbonyl (C=O) groups is 1. The van der Waals surface area contributed by atoms with Gasteiger partial charge in [0.15, 0.2) is 0 Å². The molecule has 0 radical (unpaired) electrons. The summed E-state index contributed by atoms with van der Waals surface area (Å²) in [6.07, 6.45) is 0.701. The SMILES string of the molecule is CC(C)Cc1c(C(=O)O)oc2c1ccc1ccccc12. The van der Waals surface area contributed by atoms with Crippen LogP contribution in [-0.2, 0) is 6.42 Å². The van der Waals surface area contributed by atoms with E-state index in [0.717, 1.165) is 21.7 Å². The highest BCUT2D eigenvalue weighted by Gasteiger charge is 2.21. The van der Waals surface area contributed by atoms with Gasteiger partial charge in [0, 0.05) is 16.3 Å². The summed E-state index contributed by atoms with van der Waals surface area (Å²) in [5.74, 6) is -0.550. The van der Waals surface area contributed by atoms with E-state index in [2.05, 4.69) is 13.8 Å². The number of furan rings is 1. The Hall–Kier alpha value is -2.29. The number of hydrogen-bond donors (Lipinski definition) is 1. The molecule has 0 aliphatic carbocycles. The highest BCUT2D eigenvalue weighted by molar-refractivity contribution is 6.08. The molecule has 3 heteroatoms. The maximum Gasteiger partial charge on any atom is 0.372 e. The molecule has 0 saturated carbocycles. The molecule has 1 aromatic heterocycles. The highest BCUT2D eigenvalue weighted by Crippen LogP contribution is 2.33. The van der Waals surface area contributed by atoms with E-state index in [9.17, 15) is 9.90 Å². The summed E-state index contributed by atoms with van der Waals surface area (Å²) in [6, 6.07) is 11.8. The molecule has 0 saturated heterocycles. The van der Waals surface area contributed by atoms with Crippen molar-refractivity contribution in [1.29, 1.82) is 0 Å². The largest absolute Gasteiger partial charge is 0.475 e. The lowest BCUT2D eigenvalue weighted by Gasteiger charge is -2.04. The summed E-state index contributed by atoms with van der Waals surface area (Å²) in [5, 5.41) is 12.3. The Labute approximate surface area is 116 Å². The van der Waals surface area contributed by atoms with Crippen LogP contribution in [-0.4, -0.2) is 11.1 Å². The van der Waals surface area contributed by atoms with Gasteiger partial charge in [-0.2, -0.15) is 0 Å². The first-order valence-electron chi connectivity index (χ1n) is 6.74. The molecule has 0 aliphatic heterocycles. The number of benzene rings is 2. The van der Waals surface area contributed by atoms with Crippen LogP contribution < -0.4 is 0 Å². The summed E-state index contributed by atoms with van der Waals surface area (Å²) in [6.45, 7) is 4.15. The Morgan fingerprint density at radius 2 is 1.90 bits per heavy atom. The van der Waals surface area contributed by atoms with Gasteiger partial charge in [-0.15, -0.1) is 0 Å². The Morgan fingerprint density at radius 1 is 1.15 bits per heavy atom. The Kier molecular flexibility index (Phi) is 2.97. The van der Waals surface area contributed by atoms with Crippen LogP contribution in [0.5, 0.6) is 0 Å².